The monoisotopic (exact) mass is 658 g/mol. The van der Waals surface area contributed by atoms with Crippen molar-refractivity contribution in [2.24, 2.45) is 0 Å². The van der Waals surface area contributed by atoms with E-state index < -0.39 is 11.9 Å². The summed E-state index contributed by atoms with van der Waals surface area (Å²) in [6.45, 7) is 0.693. The van der Waals surface area contributed by atoms with Crippen LogP contribution in [0.15, 0.2) is 96.1 Å². The summed E-state index contributed by atoms with van der Waals surface area (Å²) in [6.07, 6.45) is 0. The number of nitrogens with zero attached hydrogens (tertiary/aromatic N) is 4. The van der Waals surface area contributed by atoms with E-state index in [-0.39, 0.29) is 50.8 Å². The van der Waals surface area contributed by atoms with Gasteiger partial charge in [0.15, 0.2) is 0 Å². The fraction of sp³-hybridized carbons (Fsp3) is 0.150. The molecule has 0 saturated heterocycles. The van der Waals surface area contributed by atoms with Crippen molar-refractivity contribution in [2.45, 2.75) is 0 Å². The predicted molar refractivity (Wildman–Crippen MR) is 180 cm³/mol. The number of benzene rings is 4. The van der Waals surface area contributed by atoms with Crippen LogP contribution in [0.1, 0.15) is 43.0 Å². The molecule has 4 aromatic rings. The number of rotatable bonds is 11. The van der Waals surface area contributed by atoms with Crippen LogP contribution in [0.25, 0.3) is 33.4 Å². The third-order valence-corrected chi connectivity index (χ3v) is 8.28. The van der Waals surface area contributed by atoms with Crippen LogP contribution in [0.3, 0.4) is 0 Å². The Labute approximate surface area is 287 Å². The van der Waals surface area contributed by atoms with Crippen LogP contribution in [0.4, 0.5) is 0 Å². The van der Waals surface area contributed by atoms with Crippen LogP contribution >= 0.6 is 0 Å². The molecule has 0 fully saturated rings. The van der Waals surface area contributed by atoms with Gasteiger partial charge in [-0.15, -0.1) is 0 Å². The Bertz CT molecular complexity index is 2080. The summed E-state index contributed by atoms with van der Waals surface area (Å²) in [5.74, 6) is -1.10. The standard InChI is InChI=1S/C40H26N4O6/c41-21-25(22-42)35-27-7-1-3-9-29(27)37-31(35)11-5-13-33(37)39(45)49-19-17-47-15-16-48-18-20-50-40(46)34-14-6-12-32-36(26(23-43)24-44)28-8-2-4-10-30(28)38(32)34/h1-14H,15-20H2. The lowest BCUT2D eigenvalue weighted by Crippen LogP contribution is -2.15. The minimum Gasteiger partial charge on any atom is -0.460 e. The Hall–Kier alpha value is -6.82. The minimum absolute atomic E-state index is 0.00223. The Morgan fingerprint density at radius 2 is 0.780 bits per heavy atom. The zero-order chi connectivity index (χ0) is 35.0. The van der Waals surface area contributed by atoms with Gasteiger partial charge in [-0.2, -0.15) is 21.0 Å². The summed E-state index contributed by atoms with van der Waals surface area (Å²) in [5.41, 5.74) is 7.04. The average Bonchev–Trinajstić information content (AvgIpc) is 3.67. The maximum Gasteiger partial charge on any atom is 0.338 e. The lowest BCUT2D eigenvalue weighted by molar-refractivity contribution is 0.00234. The van der Waals surface area contributed by atoms with Crippen LogP contribution in [-0.4, -0.2) is 51.6 Å². The van der Waals surface area contributed by atoms with Crippen LogP contribution in [0.5, 0.6) is 0 Å². The zero-order valence-electron chi connectivity index (χ0n) is 26.6. The molecule has 10 nitrogen and oxygen atoms in total. The first-order valence-electron chi connectivity index (χ1n) is 15.6. The highest BCUT2D eigenvalue weighted by Crippen LogP contribution is 2.48. The zero-order valence-corrected chi connectivity index (χ0v) is 26.6. The Balaban J connectivity index is 0.962. The molecule has 242 valence electrons. The first-order chi connectivity index (χ1) is 24.5. The molecule has 0 amide bonds. The molecule has 6 rings (SSSR count). The third kappa shape index (κ3) is 6.13. The molecule has 10 heteroatoms. The number of carbonyl (C=O) groups is 2. The number of allylic oxidation sites excluding steroid dienone is 2. The van der Waals surface area contributed by atoms with E-state index >= 15 is 0 Å². The number of carbonyl (C=O) groups excluding carboxylic acids is 2. The maximum absolute atomic E-state index is 13.1. The number of ether oxygens (including phenoxy) is 4. The van der Waals surface area contributed by atoms with Gasteiger partial charge in [0.05, 0.1) is 37.6 Å². The van der Waals surface area contributed by atoms with Crippen LogP contribution in [0, 0.1) is 45.3 Å². The molecular weight excluding hydrogens is 632 g/mol. The molecule has 0 atom stereocenters. The topological polar surface area (TPSA) is 166 Å². The molecule has 0 bridgehead atoms. The van der Waals surface area contributed by atoms with Gasteiger partial charge in [0.2, 0.25) is 0 Å². The largest absolute Gasteiger partial charge is 0.460 e. The van der Waals surface area contributed by atoms with Crippen molar-refractivity contribution in [3.8, 4) is 46.5 Å². The van der Waals surface area contributed by atoms with E-state index in [0.717, 1.165) is 11.1 Å². The van der Waals surface area contributed by atoms with Crippen molar-refractivity contribution in [1.82, 2.24) is 0 Å². The molecule has 0 radical (unpaired) electrons. The van der Waals surface area contributed by atoms with Gasteiger partial charge < -0.3 is 18.9 Å². The average molecular weight is 659 g/mol. The highest BCUT2D eigenvalue weighted by atomic mass is 16.6. The van der Waals surface area contributed by atoms with Gasteiger partial charge in [-0.25, -0.2) is 9.59 Å². The van der Waals surface area contributed by atoms with Crippen molar-refractivity contribution in [2.75, 3.05) is 39.6 Å². The summed E-state index contributed by atoms with van der Waals surface area (Å²) >= 11 is 0. The number of esters is 2. The van der Waals surface area contributed by atoms with E-state index in [0.29, 0.717) is 55.7 Å². The van der Waals surface area contributed by atoms with Crippen molar-refractivity contribution in [3.63, 3.8) is 0 Å². The molecule has 0 spiro atoms. The SMILES string of the molecule is N#CC(C#N)=C1c2ccccc2-c2c(C(=O)OCCOCCOCCOC(=O)c3cccc4c3-c3ccccc3C4=C(C#N)C#N)cccc21. The lowest BCUT2D eigenvalue weighted by atomic mass is 9.97. The molecule has 0 saturated carbocycles. The quantitative estimate of drug-likeness (QED) is 0.0864. The fourth-order valence-corrected chi connectivity index (χ4v) is 6.25. The molecule has 0 unspecified atom stereocenters. The minimum atomic E-state index is -0.551. The number of hydrogen-bond acceptors (Lipinski definition) is 10. The van der Waals surface area contributed by atoms with Gasteiger partial charge >= 0.3 is 11.9 Å². The summed E-state index contributed by atoms with van der Waals surface area (Å²) in [6, 6.07) is 32.7. The van der Waals surface area contributed by atoms with Crippen LogP contribution < -0.4 is 0 Å². The van der Waals surface area contributed by atoms with Crippen molar-refractivity contribution in [1.29, 1.82) is 21.0 Å². The number of hydrogen-bond donors (Lipinski definition) is 0. The normalized spacial score (nSPS) is 11.4. The van der Waals surface area contributed by atoms with Crippen LogP contribution in [-0.2, 0) is 18.9 Å². The third-order valence-electron chi connectivity index (χ3n) is 8.28. The van der Waals surface area contributed by atoms with Gasteiger partial charge in [-0.05, 0) is 45.5 Å². The maximum atomic E-state index is 13.1. The number of nitriles is 4. The molecule has 4 aromatic carbocycles. The van der Waals surface area contributed by atoms with E-state index in [4.69, 9.17) is 18.9 Å². The van der Waals surface area contributed by atoms with E-state index in [1.807, 2.05) is 72.8 Å². The van der Waals surface area contributed by atoms with E-state index in [1.165, 1.54) is 0 Å². The second-order valence-corrected chi connectivity index (χ2v) is 11.0. The van der Waals surface area contributed by atoms with Crippen molar-refractivity contribution in [3.05, 3.63) is 129 Å². The lowest BCUT2D eigenvalue weighted by Gasteiger charge is -2.11. The van der Waals surface area contributed by atoms with E-state index in [2.05, 4.69) is 0 Å². The van der Waals surface area contributed by atoms with Gasteiger partial charge in [0, 0.05) is 22.3 Å². The molecule has 0 aromatic heterocycles. The van der Waals surface area contributed by atoms with Gasteiger partial charge in [0.1, 0.15) is 48.6 Å². The van der Waals surface area contributed by atoms with E-state index in [1.54, 1.807) is 36.4 Å². The Morgan fingerprint density at radius 3 is 1.16 bits per heavy atom. The highest BCUT2D eigenvalue weighted by molar-refractivity contribution is 6.11. The molecule has 0 heterocycles. The van der Waals surface area contributed by atoms with Crippen molar-refractivity contribution < 1.29 is 28.5 Å². The summed E-state index contributed by atoms with van der Waals surface area (Å²) in [4.78, 5) is 26.1. The smallest absolute Gasteiger partial charge is 0.338 e. The number of fused-ring (bicyclic) bond motifs is 6. The second-order valence-electron chi connectivity index (χ2n) is 11.0. The molecule has 0 aliphatic heterocycles. The molecule has 2 aliphatic carbocycles. The first kappa shape index (κ1) is 33.1. The molecular formula is C40H26N4O6. The molecule has 0 N–H and O–H groups in total. The van der Waals surface area contributed by atoms with Crippen LogP contribution in [0.2, 0.25) is 0 Å². The first-order valence-corrected chi connectivity index (χ1v) is 15.6. The summed E-state index contributed by atoms with van der Waals surface area (Å²) in [7, 11) is 0. The van der Waals surface area contributed by atoms with Gasteiger partial charge in [-0.3, -0.25) is 0 Å². The summed E-state index contributed by atoms with van der Waals surface area (Å²) in [5, 5.41) is 38.1. The summed E-state index contributed by atoms with van der Waals surface area (Å²) < 4.78 is 22.0. The van der Waals surface area contributed by atoms with Crippen molar-refractivity contribution >= 4 is 23.1 Å². The van der Waals surface area contributed by atoms with Gasteiger partial charge in [0.25, 0.3) is 0 Å². The fourth-order valence-electron chi connectivity index (χ4n) is 6.25. The molecule has 2 aliphatic rings. The molecule has 50 heavy (non-hydrogen) atoms. The highest BCUT2D eigenvalue weighted by Gasteiger charge is 2.32. The predicted octanol–water partition coefficient (Wildman–Crippen LogP) is 6.39. The van der Waals surface area contributed by atoms with Gasteiger partial charge in [-0.1, -0.05) is 72.8 Å². The Kier molecular flexibility index (Phi) is 9.89. The van der Waals surface area contributed by atoms with E-state index in [9.17, 15) is 30.6 Å². The second kappa shape index (κ2) is 14.9. The Morgan fingerprint density at radius 1 is 0.440 bits per heavy atom.